The lowest BCUT2D eigenvalue weighted by molar-refractivity contribution is -0.143. The number of nitrogens with zero attached hydrogens (tertiary/aromatic N) is 2. The van der Waals surface area contributed by atoms with Crippen LogP contribution < -0.4 is 24.8 Å². The van der Waals surface area contributed by atoms with Crippen molar-refractivity contribution in [3.8, 4) is 22.8 Å². The molecule has 2 unspecified atom stereocenters. The molecule has 2 aromatic carbocycles. The van der Waals surface area contributed by atoms with E-state index in [1.54, 1.807) is 33.8 Å². The molecule has 0 radical (unpaired) electrons. The van der Waals surface area contributed by atoms with Crippen molar-refractivity contribution < 1.29 is 50.6 Å². The highest BCUT2D eigenvalue weighted by molar-refractivity contribution is 7.91. The fourth-order valence-electron chi connectivity index (χ4n) is 7.27. The lowest BCUT2D eigenvalue weighted by Gasteiger charge is -2.35. The molecule has 1 saturated heterocycles. The second-order valence-electron chi connectivity index (χ2n) is 16.1. The van der Waals surface area contributed by atoms with E-state index in [1.165, 1.54) is 4.90 Å². The Morgan fingerprint density at radius 2 is 1.79 bits per heavy atom. The molecule has 2 aliphatic heterocycles. The summed E-state index contributed by atoms with van der Waals surface area (Å²) in [5.74, 6) is -3.82. The predicted octanol–water partition coefficient (Wildman–Crippen LogP) is 4.31. The van der Waals surface area contributed by atoms with Crippen molar-refractivity contribution in [3.05, 3.63) is 54.6 Å². The number of pyridine rings is 1. The number of alkyl carbamates (subject to hydrolysis) is 1. The zero-order valence-corrected chi connectivity index (χ0v) is 32.2. The first-order valence-corrected chi connectivity index (χ1v) is 20.2. The van der Waals surface area contributed by atoms with Gasteiger partial charge >= 0.3 is 6.09 Å². The molecule has 1 aromatic heterocycles. The van der Waals surface area contributed by atoms with Gasteiger partial charge in [-0.1, -0.05) is 51.1 Å². The van der Waals surface area contributed by atoms with Crippen LogP contribution in [-0.2, 0) is 29.1 Å². The molecule has 2 saturated carbocycles. The standard InChI is InChI=1S/C39H45F2N5O9S/c1-21-14-15-53-24-10-7-9-22(16-24)27-17-23-8-5-6-11-29(23)42-34(27)55-25-18-30(46(20-25)35(48)31(38(2,3)4)43-37(50)54-21)33(47)44-39(19-28(39)32(40)41)36(49)45-56(51,52)26-12-13-26/h5-11,16-17,21,25-26,28,30-32H,12-15,18-20H2,1-4H3,(H,43,50)(H,44,47)(H,45,49)/t21-,25?,28-,30-,31+,39?/m0/s1. The summed E-state index contributed by atoms with van der Waals surface area (Å²) in [6.45, 7) is 6.86. The fraction of sp³-hybridized carbons (Fsp3) is 0.513. The van der Waals surface area contributed by atoms with Crippen LogP contribution >= 0.6 is 0 Å². The summed E-state index contributed by atoms with van der Waals surface area (Å²) in [6.07, 6.45) is -5.13. The number of sulfonamides is 1. The molecule has 3 N–H and O–H groups in total. The van der Waals surface area contributed by atoms with E-state index in [9.17, 15) is 36.4 Å². The van der Waals surface area contributed by atoms with Crippen LogP contribution in [-0.4, -0.2) is 96.8 Å². The summed E-state index contributed by atoms with van der Waals surface area (Å²) in [4.78, 5) is 61.5. The van der Waals surface area contributed by atoms with Gasteiger partial charge in [-0.15, -0.1) is 0 Å². The number of carbonyl (C=O) groups excluding carboxylic acids is 4. The SMILES string of the molecule is C[C@H]1CCOc2cccc(c2)-c2cc3ccccc3nc2OC2C[C@@H](C(=O)NC3(C(=O)NS(=O)(=O)C4CC4)C[C@H]3C(F)F)N(C2)C(=O)[C@H](C(C)(C)C)NC(=O)O1. The number of hydrogen-bond donors (Lipinski definition) is 3. The number of halogens is 2. The van der Waals surface area contributed by atoms with E-state index in [0.717, 1.165) is 5.39 Å². The van der Waals surface area contributed by atoms with Crippen LogP contribution in [0.3, 0.4) is 0 Å². The van der Waals surface area contributed by atoms with Crippen LogP contribution in [0.25, 0.3) is 22.0 Å². The Balaban J connectivity index is 1.27. The third-order valence-corrected chi connectivity index (χ3v) is 12.5. The molecule has 0 spiro atoms. The Morgan fingerprint density at radius 3 is 2.48 bits per heavy atom. The monoisotopic (exact) mass is 797 g/mol. The summed E-state index contributed by atoms with van der Waals surface area (Å²) in [5.41, 5.74) is -1.23. The van der Waals surface area contributed by atoms with Crippen molar-refractivity contribution in [1.29, 1.82) is 0 Å². The molecular weight excluding hydrogens is 753 g/mol. The molecule has 3 aromatic rings. The lowest BCUT2D eigenvalue weighted by Crippen LogP contribution is -2.60. The molecule has 3 fully saturated rings. The Kier molecular flexibility index (Phi) is 10.3. The molecular formula is C39H45F2N5O9S. The van der Waals surface area contributed by atoms with E-state index in [4.69, 9.17) is 19.2 Å². The second-order valence-corrected chi connectivity index (χ2v) is 18.1. The van der Waals surface area contributed by atoms with Gasteiger partial charge < -0.3 is 29.7 Å². The summed E-state index contributed by atoms with van der Waals surface area (Å²) in [7, 11) is -4.14. The van der Waals surface area contributed by atoms with Gasteiger partial charge in [-0.2, -0.15) is 0 Å². The molecule has 56 heavy (non-hydrogen) atoms. The average Bonchev–Trinajstić information content (AvgIpc) is 4.06. The number of benzene rings is 2. The van der Waals surface area contributed by atoms with Gasteiger partial charge in [-0.25, -0.2) is 27.0 Å². The molecule has 7 rings (SSSR count). The molecule has 4 amide bonds. The first-order chi connectivity index (χ1) is 26.4. The van der Waals surface area contributed by atoms with E-state index in [2.05, 4.69) is 10.6 Å². The number of ether oxygens (including phenoxy) is 3. The van der Waals surface area contributed by atoms with Gasteiger partial charge in [0.25, 0.3) is 5.91 Å². The van der Waals surface area contributed by atoms with E-state index >= 15 is 0 Å². The summed E-state index contributed by atoms with van der Waals surface area (Å²) >= 11 is 0. The van der Waals surface area contributed by atoms with Crippen LogP contribution in [0.15, 0.2) is 54.6 Å². The number of fused-ring (bicyclic) bond motifs is 7. The Labute approximate surface area is 323 Å². The number of nitrogens with one attached hydrogen (secondary N) is 3. The van der Waals surface area contributed by atoms with Gasteiger partial charge in [0.05, 0.1) is 29.8 Å². The normalized spacial score (nSPS) is 27.1. The molecule has 4 bridgehead atoms. The van der Waals surface area contributed by atoms with Crippen LogP contribution in [0, 0.1) is 11.3 Å². The Morgan fingerprint density at radius 1 is 1.04 bits per heavy atom. The summed E-state index contributed by atoms with van der Waals surface area (Å²) in [5, 5.41) is 5.10. The number of hydrogen-bond acceptors (Lipinski definition) is 10. The fourth-order valence-corrected chi connectivity index (χ4v) is 8.63. The zero-order valence-electron chi connectivity index (χ0n) is 31.4. The van der Waals surface area contributed by atoms with Gasteiger partial charge in [0, 0.05) is 23.8 Å². The molecule has 4 aliphatic rings. The highest BCUT2D eigenvalue weighted by Gasteiger charge is 2.67. The van der Waals surface area contributed by atoms with Gasteiger partial charge in [0.2, 0.25) is 34.1 Å². The molecule has 14 nitrogen and oxygen atoms in total. The first kappa shape index (κ1) is 39.2. The van der Waals surface area contributed by atoms with Crippen molar-refractivity contribution in [2.24, 2.45) is 11.3 Å². The summed E-state index contributed by atoms with van der Waals surface area (Å²) in [6, 6.07) is 14.0. The predicted molar refractivity (Wildman–Crippen MR) is 199 cm³/mol. The zero-order chi connectivity index (χ0) is 40.2. The van der Waals surface area contributed by atoms with Crippen LogP contribution in [0.5, 0.6) is 11.6 Å². The Bertz CT molecular complexity index is 2160. The molecule has 17 heteroatoms. The van der Waals surface area contributed by atoms with Crippen molar-refractivity contribution in [2.75, 3.05) is 13.2 Å². The Hall–Kier alpha value is -5.06. The minimum Gasteiger partial charge on any atom is -0.493 e. The highest BCUT2D eigenvalue weighted by atomic mass is 32.2. The van der Waals surface area contributed by atoms with Gasteiger partial charge in [0.15, 0.2) is 0 Å². The third kappa shape index (κ3) is 8.09. The summed E-state index contributed by atoms with van der Waals surface area (Å²) < 4.78 is 73.8. The largest absolute Gasteiger partial charge is 0.493 e. The van der Waals surface area contributed by atoms with Crippen LogP contribution in [0.4, 0.5) is 13.6 Å². The average molecular weight is 798 g/mol. The van der Waals surface area contributed by atoms with E-state index in [-0.39, 0.29) is 25.5 Å². The maximum atomic E-state index is 14.6. The molecule has 6 atom stereocenters. The number of alkyl halides is 2. The van der Waals surface area contributed by atoms with Gasteiger partial charge in [-0.3, -0.25) is 19.1 Å². The van der Waals surface area contributed by atoms with Crippen LogP contribution in [0.2, 0.25) is 0 Å². The maximum Gasteiger partial charge on any atom is 0.408 e. The number of para-hydroxylation sites is 1. The number of amides is 4. The van der Waals surface area contributed by atoms with Crippen molar-refractivity contribution in [1.82, 2.24) is 25.2 Å². The first-order valence-electron chi connectivity index (χ1n) is 18.7. The van der Waals surface area contributed by atoms with Gasteiger partial charge in [-0.05, 0) is 61.4 Å². The van der Waals surface area contributed by atoms with Crippen molar-refractivity contribution in [2.45, 2.75) is 101 Å². The minimum atomic E-state index is -4.14. The highest BCUT2D eigenvalue weighted by Crippen LogP contribution is 2.48. The molecule has 3 heterocycles. The van der Waals surface area contributed by atoms with Crippen molar-refractivity contribution in [3.63, 3.8) is 0 Å². The third-order valence-electron chi connectivity index (χ3n) is 10.7. The van der Waals surface area contributed by atoms with E-state index in [1.807, 2.05) is 53.3 Å². The minimum absolute atomic E-state index is 0.162. The number of rotatable bonds is 6. The number of cyclic esters (lactones) is 1. The van der Waals surface area contributed by atoms with E-state index < -0.39 is 93.1 Å². The van der Waals surface area contributed by atoms with E-state index in [0.29, 0.717) is 41.7 Å². The molecule has 300 valence electrons. The van der Waals surface area contributed by atoms with Gasteiger partial charge in [0.1, 0.15) is 35.6 Å². The quantitative estimate of drug-likeness (QED) is 0.325. The second kappa shape index (κ2) is 14.8. The number of carbonyl (C=O) groups is 4. The number of aromatic nitrogens is 1. The van der Waals surface area contributed by atoms with Crippen LogP contribution in [0.1, 0.15) is 59.8 Å². The topological polar surface area (TPSA) is 182 Å². The lowest BCUT2D eigenvalue weighted by atomic mass is 9.85. The smallest absolute Gasteiger partial charge is 0.408 e. The van der Waals surface area contributed by atoms with Crippen molar-refractivity contribution >= 4 is 44.7 Å². The maximum absolute atomic E-state index is 14.6. The molecule has 2 aliphatic carbocycles.